The number of nitrogens with two attached hydrogens (primary N) is 1. The van der Waals surface area contributed by atoms with Crippen molar-refractivity contribution in [2.45, 2.75) is 25.7 Å². The van der Waals surface area contributed by atoms with Crippen molar-refractivity contribution in [2.24, 2.45) is 15.7 Å². The number of allylic oxidation sites excluding steroid dienone is 3. The van der Waals surface area contributed by atoms with Crippen LogP contribution in [0.25, 0.3) is 32.9 Å². The van der Waals surface area contributed by atoms with Gasteiger partial charge < -0.3 is 10.2 Å². The first kappa shape index (κ1) is 25.0. The van der Waals surface area contributed by atoms with Gasteiger partial charge >= 0.3 is 0 Å². The molecule has 0 saturated carbocycles. The van der Waals surface area contributed by atoms with Crippen LogP contribution in [0.5, 0.6) is 0 Å². The monoisotopic (exact) mass is 533 g/mol. The Morgan fingerprint density at radius 2 is 1.56 bits per heavy atom. The van der Waals surface area contributed by atoms with Gasteiger partial charge in [0.2, 0.25) is 0 Å². The van der Waals surface area contributed by atoms with E-state index >= 15 is 0 Å². The maximum Gasteiger partial charge on any atom is 0.156 e. The molecular formula is C37H31N3O. The van der Waals surface area contributed by atoms with Gasteiger partial charge in [0.05, 0.1) is 6.54 Å². The first-order valence-electron chi connectivity index (χ1n) is 14.3. The molecule has 4 nitrogen and oxygen atoms in total. The van der Waals surface area contributed by atoms with Gasteiger partial charge in [0.15, 0.2) is 5.84 Å². The van der Waals surface area contributed by atoms with E-state index < -0.39 is 0 Å². The van der Waals surface area contributed by atoms with E-state index in [4.69, 9.17) is 20.1 Å². The van der Waals surface area contributed by atoms with E-state index in [0.717, 1.165) is 53.5 Å². The lowest BCUT2D eigenvalue weighted by Gasteiger charge is -2.21. The van der Waals surface area contributed by atoms with E-state index in [1.807, 2.05) is 36.4 Å². The van der Waals surface area contributed by atoms with Crippen LogP contribution in [0.3, 0.4) is 0 Å². The fourth-order valence-electron chi connectivity index (χ4n) is 6.02. The molecule has 4 aromatic carbocycles. The lowest BCUT2D eigenvalue weighted by Crippen LogP contribution is -2.17. The number of nitrogens with zero attached hydrogens (tertiary/aromatic N) is 2. The van der Waals surface area contributed by atoms with E-state index in [1.54, 1.807) is 0 Å². The Morgan fingerprint density at radius 1 is 0.780 bits per heavy atom. The summed E-state index contributed by atoms with van der Waals surface area (Å²) < 4.78 is 6.39. The van der Waals surface area contributed by atoms with E-state index in [2.05, 4.69) is 78.9 Å². The second-order valence-electron chi connectivity index (χ2n) is 10.5. The van der Waals surface area contributed by atoms with Crippen molar-refractivity contribution < 1.29 is 4.42 Å². The first-order valence-corrected chi connectivity index (χ1v) is 14.3. The molecule has 5 aromatic rings. The zero-order chi connectivity index (χ0) is 27.6. The second-order valence-corrected chi connectivity index (χ2v) is 10.5. The molecule has 7 rings (SSSR count). The molecule has 2 N–H and O–H groups in total. The predicted molar refractivity (Wildman–Crippen MR) is 171 cm³/mol. The van der Waals surface area contributed by atoms with E-state index in [1.165, 1.54) is 33.0 Å². The average molecular weight is 534 g/mol. The lowest BCUT2D eigenvalue weighted by molar-refractivity contribution is 0.546. The van der Waals surface area contributed by atoms with Crippen molar-refractivity contribution in [3.8, 4) is 0 Å². The highest BCUT2D eigenvalue weighted by atomic mass is 16.3. The Hall–Kier alpha value is -4.96. The Bertz CT molecular complexity index is 1910. The van der Waals surface area contributed by atoms with Crippen molar-refractivity contribution in [2.75, 3.05) is 6.54 Å². The zero-order valence-electron chi connectivity index (χ0n) is 22.9. The molecule has 41 heavy (non-hydrogen) atoms. The molecule has 0 unspecified atom stereocenters. The predicted octanol–water partition coefficient (Wildman–Crippen LogP) is 8.52. The standard InChI is InChI=1S/C37H31N3O/c38-36(26-13-3-1-4-14-26)40-37(27-15-5-2-6-16-27)39-24-32-30(29-20-11-17-25-12-7-8-18-28(25)29)22-23-34-35(32)31-19-9-10-21-33(31)41-34/h1,3-5,7-21H,2,6,22-24H2,(H2,38,39,40). The van der Waals surface area contributed by atoms with Crippen LogP contribution in [0, 0.1) is 0 Å². The van der Waals surface area contributed by atoms with Crippen LogP contribution in [0.4, 0.5) is 0 Å². The van der Waals surface area contributed by atoms with Crippen LogP contribution in [0.15, 0.2) is 135 Å². The molecule has 200 valence electrons. The van der Waals surface area contributed by atoms with Crippen LogP contribution in [-0.2, 0) is 6.42 Å². The largest absolute Gasteiger partial charge is 0.460 e. The van der Waals surface area contributed by atoms with E-state index in [0.29, 0.717) is 18.2 Å². The molecule has 0 aliphatic heterocycles. The molecule has 0 atom stereocenters. The number of para-hydroxylation sites is 1. The minimum atomic E-state index is 0.463. The molecule has 0 bridgehead atoms. The average Bonchev–Trinajstić information content (AvgIpc) is 3.42. The number of hydrogen-bond acceptors (Lipinski definition) is 2. The molecule has 1 heterocycles. The van der Waals surface area contributed by atoms with Gasteiger partial charge in [-0.05, 0) is 52.8 Å². The van der Waals surface area contributed by atoms with Gasteiger partial charge in [-0.15, -0.1) is 0 Å². The summed E-state index contributed by atoms with van der Waals surface area (Å²) in [6.07, 6.45) is 10.2. The topological polar surface area (TPSA) is 63.9 Å². The van der Waals surface area contributed by atoms with Crippen LogP contribution in [0.1, 0.15) is 41.7 Å². The summed E-state index contributed by atoms with van der Waals surface area (Å²) in [5.74, 6) is 2.16. The summed E-state index contributed by atoms with van der Waals surface area (Å²) in [7, 11) is 0. The highest BCUT2D eigenvalue weighted by molar-refractivity contribution is 6.13. The fourth-order valence-corrected chi connectivity index (χ4v) is 6.02. The number of aliphatic imine (C=N–C) groups is 2. The molecule has 0 spiro atoms. The van der Waals surface area contributed by atoms with Crippen molar-refractivity contribution in [1.29, 1.82) is 0 Å². The van der Waals surface area contributed by atoms with E-state index in [-0.39, 0.29) is 0 Å². The SMILES string of the molecule is NC(=NC(=NCC1=C(c2cccc3ccccc23)CCc2oc3ccccc3c21)C1=CCCC=C1)c1ccccc1. The third kappa shape index (κ3) is 4.82. The number of benzene rings is 4. The fraction of sp³-hybridized carbons (Fsp3) is 0.135. The summed E-state index contributed by atoms with van der Waals surface area (Å²) >= 11 is 0. The third-order valence-electron chi connectivity index (χ3n) is 7.99. The zero-order valence-corrected chi connectivity index (χ0v) is 22.9. The molecule has 0 radical (unpaired) electrons. The number of furan rings is 1. The van der Waals surface area contributed by atoms with Crippen LogP contribution in [-0.4, -0.2) is 18.2 Å². The maximum atomic E-state index is 6.52. The summed E-state index contributed by atoms with van der Waals surface area (Å²) in [5.41, 5.74) is 14.3. The highest BCUT2D eigenvalue weighted by Gasteiger charge is 2.26. The van der Waals surface area contributed by atoms with Crippen LogP contribution >= 0.6 is 0 Å². The van der Waals surface area contributed by atoms with Crippen molar-refractivity contribution in [3.05, 3.63) is 143 Å². The van der Waals surface area contributed by atoms with Crippen LogP contribution < -0.4 is 5.73 Å². The molecule has 1 aromatic heterocycles. The first-order chi connectivity index (χ1) is 20.3. The minimum absolute atomic E-state index is 0.463. The van der Waals surface area contributed by atoms with Crippen molar-refractivity contribution >= 4 is 44.6 Å². The van der Waals surface area contributed by atoms with Gasteiger partial charge in [-0.1, -0.05) is 109 Å². The molecule has 0 fully saturated rings. The van der Waals surface area contributed by atoms with Gasteiger partial charge in [0.25, 0.3) is 0 Å². The molecule has 4 heteroatoms. The summed E-state index contributed by atoms with van der Waals surface area (Å²) in [6.45, 7) is 0.473. The normalized spacial score (nSPS) is 15.9. The van der Waals surface area contributed by atoms with Gasteiger partial charge in [-0.3, -0.25) is 4.99 Å². The van der Waals surface area contributed by atoms with E-state index in [9.17, 15) is 0 Å². The summed E-state index contributed by atoms with van der Waals surface area (Å²) in [4.78, 5) is 10.1. The Labute approximate surface area is 239 Å². The van der Waals surface area contributed by atoms with Gasteiger partial charge in [0, 0.05) is 28.5 Å². The van der Waals surface area contributed by atoms with Crippen molar-refractivity contribution in [3.63, 3.8) is 0 Å². The molecule has 0 saturated heterocycles. The number of rotatable bonds is 5. The summed E-state index contributed by atoms with van der Waals surface area (Å²) in [6, 6.07) is 33.4. The molecule has 0 amide bonds. The molecular weight excluding hydrogens is 502 g/mol. The second kappa shape index (κ2) is 10.9. The highest BCUT2D eigenvalue weighted by Crippen LogP contribution is 2.43. The van der Waals surface area contributed by atoms with Crippen LogP contribution in [0.2, 0.25) is 0 Å². The van der Waals surface area contributed by atoms with Gasteiger partial charge in [-0.2, -0.15) is 0 Å². The smallest absolute Gasteiger partial charge is 0.156 e. The molecule has 2 aliphatic carbocycles. The number of hydrogen-bond donors (Lipinski definition) is 1. The Balaban J connectivity index is 1.42. The van der Waals surface area contributed by atoms with Gasteiger partial charge in [0.1, 0.15) is 17.2 Å². The Morgan fingerprint density at radius 3 is 2.41 bits per heavy atom. The minimum Gasteiger partial charge on any atom is -0.460 e. The maximum absolute atomic E-state index is 6.52. The number of aryl methyl sites for hydroxylation is 1. The van der Waals surface area contributed by atoms with Crippen molar-refractivity contribution in [1.82, 2.24) is 0 Å². The number of amidine groups is 2. The number of fused-ring (bicyclic) bond motifs is 4. The summed E-state index contributed by atoms with van der Waals surface area (Å²) in [5, 5.41) is 3.63. The quantitative estimate of drug-likeness (QED) is 0.182. The Kier molecular flexibility index (Phi) is 6.65. The van der Waals surface area contributed by atoms with Gasteiger partial charge in [-0.25, -0.2) is 4.99 Å². The molecule has 2 aliphatic rings. The lowest BCUT2D eigenvalue weighted by atomic mass is 9.83. The third-order valence-corrected chi connectivity index (χ3v) is 7.99.